The normalized spacial score (nSPS) is 21.1. The molecule has 1 amide bonds. The molecule has 2 N–H and O–H groups in total. The topological polar surface area (TPSA) is 61.8 Å². The van der Waals surface area contributed by atoms with Crippen molar-refractivity contribution in [1.82, 2.24) is 10.2 Å². The first-order valence-electron chi connectivity index (χ1n) is 7.44. The van der Waals surface area contributed by atoms with E-state index >= 15 is 0 Å². The van der Waals surface area contributed by atoms with E-state index < -0.39 is 6.10 Å². The lowest BCUT2D eigenvalue weighted by molar-refractivity contribution is -0.119. The third kappa shape index (κ3) is 5.39. The first-order valence-corrected chi connectivity index (χ1v) is 8.32. The monoisotopic (exact) mass is 312 g/mol. The van der Waals surface area contributed by atoms with Gasteiger partial charge < -0.3 is 15.2 Å². The lowest BCUT2D eigenvalue weighted by Crippen LogP contribution is -2.47. The lowest BCUT2D eigenvalue weighted by Gasteiger charge is -2.36. The van der Waals surface area contributed by atoms with Crippen LogP contribution in [0.5, 0.6) is 0 Å². The molecular formula is C15H24N2O3S. The summed E-state index contributed by atoms with van der Waals surface area (Å²) in [4.78, 5) is 14.2. The van der Waals surface area contributed by atoms with E-state index in [4.69, 9.17) is 4.74 Å². The number of hydrogen-bond donors (Lipinski definition) is 2. The second-order valence-corrected chi connectivity index (χ2v) is 6.35. The van der Waals surface area contributed by atoms with Gasteiger partial charge in [0.1, 0.15) is 0 Å². The zero-order chi connectivity index (χ0) is 15.1. The molecule has 21 heavy (non-hydrogen) atoms. The summed E-state index contributed by atoms with van der Waals surface area (Å²) in [6.45, 7) is 5.46. The second-order valence-electron chi connectivity index (χ2n) is 5.37. The van der Waals surface area contributed by atoms with Crippen LogP contribution in [0.4, 0.5) is 0 Å². The van der Waals surface area contributed by atoms with Gasteiger partial charge in [-0.05, 0) is 24.3 Å². The van der Waals surface area contributed by atoms with Crippen molar-refractivity contribution in [2.24, 2.45) is 0 Å². The molecule has 1 aliphatic rings. The average Bonchev–Trinajstić information content (AvgIpc) is 2.99. The van der Waals surface area contributed by atoms with Crippen molar-refractivity contribution < 1.29 is 14.6 Å². The van der Waals surface area contributed by atoms with Crippen molar-refractivity contribution in [3.05, 3.63) is 22.4 Å². The van der Waals surface area contributed by atoms with Crippen LogP contribution in [0, 0.1) is 0 Å². The van der Waals surface area contributed by atoms with Crippen molar-refractivity contribution >= 4 is 17.2 Å². The Morgan fingerprint density at radius 3 is 3.24 bits per heavy atom. The van der Waals surface area contributed by atoms with E-state index in [1.165, 1.54) is 6.92 Å². The van der Waals surface area contributed by atoms with Crippen LogP contribution < -0.4 is 5.32 Å². The number of morpholine rings is 1. The number of hydrogen-bond acceptors (Lipinski definition) is 5. The predicted octanol–water partition coefficient (Wildman–Crippen LogP) is 1.40. The molecule has 5 nitrogen and oxygen atoms in total. The van der Waals surface area contributed by atoms with Gasteiger partial charge in [0.2, 0.25) is 5.91 Å². The maximum Gasteiger partial charge on any atom is 0.216 e. The molecule has 2 unspecified atom stereocenters. The van der Waals surface area contributed by atoms with Crippen LogP contribution >= 0.6 is 11.3 Å². The Morgan fingerprint density at radius 1 is 1.67 bits per heavy atom. The van der Waals surface area contributed by atoms with Crippen molar-refractivity contribution in [2.45, 2.75) is 31.9 Å². The van der Waals surface area contributed by atoms with Gasteiger partial charge in [-0.15, -0.1) is 11.3 Å². The molecule has 0 radical (unpaired) electrons. The summed E-state index contributed by atoms with van der Waals surface area (Å²) in [6.07, 6.45) is 1.20. The minimum absolute atomic E-state index is 0.0154. The zero-order valence-electron chi connectivity index (χ0n) is 12.5. The Kier molecular flexibility index (Phi) is 6.63. The Labute approximate surface area is 129 Å². The highest BCUT2D eigenvalue weighted by molar-refractivity contribution is 7.10. The molecule has 1 aliphatic heterocycles. The van der Waals surface area contributed by atoms with Crippen LogP contribution in [0.1, 0.15) is 30.7 Å². The van der Waals surface area contributed by atoms with Gasteiger partial charge in [-0.3, -0.25) is 9.69 Å². The molecule has 2 rings (SSSR count). The van der Waals surface area contributed by atoms with Gasteiger partial charge in [-0.1, -0.05) is 6.07 Å². The van der Waals surface area contributed by atoms with E-state index in [0.717, 1.165) is 31.0 Å². The van der Waals surface area contributed by atoms with Gasteiger partial charge >= 0.3 is 0 Å². The summed E-state index contributed by atoms with van der Waals surface area (Å²) < 4.78 is 5.56. The Morgan fingerprint density at radius 2 is 2.52 bits per heavy atom. The van der Waals surface area contributed by atoms with Gasteiger partial charge in [0, 0.05) is 37.5 Å². The first kappa shape index (κ1) is 16.4. The summed E-state index contributed by atoms with van der Waals surface area (Å²) >= 11 is 1.59. The average molecular weight is 312 g/mol. The molecule has 0 bridgehead atoms. The molecule has 0 saturated carbocycles. The van der Waals surface area contributed by atoms with Crippen molar-refractivity contribution in [1.29, 1.82) is 0 Å². The number of amides is 1. The molecule has 1 saturated heterocycles. The summed E-state index contributed by atoms with van der Waals surface area (Å²) in [5, 5.41) is 15.1. The van der Waals surface area contributed by atoms with E-state index in [-0.39, 0.29) is 11.9 Å². The smallest absolute Gasteiger partial charge is 0.216 e. The van der Waals surface area contributed by atoms with Gasteiger partial charge in [0.25, 0.3) is 0 Å². The Hall–Kier alpha value is -0.950. The molecule has 118 valence electrons. The summed E-state index contributed by atoms with van der Waals surface area (Å²) in [7, 11) is 0. The Bertz CT molecular complexity index is 425. The quantitative estimate of drug-likeness (QED) is 0.747. The molecule has 6 heteroatoms. The van der Waals surface area contributed by atoms with E-state index in [2.05, 4.69) is 10.2 Å². The second kappa shape index (κ2) is 8.48. The van der Waals surface area contributed by atoms with Crippen LogP contribution in [0.3, 0.4) is 0 Å². The van der Waals surface area contributed by atoms with E-state index in [0.29, 0.717) is 19.6 Å². The molecule has 0 aliphatic carbocycles. The van der Waals surface area contributed by atoms with Crippen LogP contribution in [0.25, 0.3) is 0 Å². The number of nitrogens with zero attached hydrogens (tertiary/aromatic N) is 1. The lowest BCUT2D eigenvalue weighted by atomic mass is 10.1. The fourth-order valence-corrected chi connectivity index (χ4v) is 3.33. The van der Waals surface area contributed by atoms with Crippen LogP contribution in [0.15, 0.2) is 17.5 Å². The van der Waals surface area contributed by atoms with Crippen molar-refractivity contribution in [2.75, 3.05) is 32.8 Å². The predicted molar refractivity (Wildman–Crippen MR) is 83.4 cm³/mol. The number of aliphatic hydroxyl groups excluding tert-OH is 1. The van der Waals surface area contributed by atoms with Gasteiger partial charge in [-0.25, -0.2) is 0 Å². The molecule has 0 spiro atoms. The minimum atomic E-state index is -0.422. The molecule has 1 aromatic heterocycles. The highest BCUT2D eigenvalue weighted by Crippen LogP contribution is 2.25. The third-order valence-electron chi connectivity index (χ3n) is 3.71. The highest BCUT2D eigenvalue weighted by Gasteiger charge is 2.25. The number of nitrogens with one attached hydrogen (secondary N) is 1. The molecule has 0 aromatic carbocycles. The highest BCUT2D eigenvalue weighted by atomic mass is 32.1. The van der Waals surface area contributed by atoms with E-state index in [9.17, 15) is 9.90 Å². The summed E-state index contributed by atoms with van der Waals surface area (Å²) in [5.41, 5.74) is 0. The summed E-state index contributed by atoms with van der Waals surface area (Å²) in [6, 6.07) is 4.18. The number of carbonyl (C=O) groups is 1. The van der Waals surface area contributed by atoms with Crippen LogP contribution in [0.2, 0.25) is 0 Å². The van der Waals surface area contributed by atoms with Gasteiger partial charge in [0.15, 0.2) is 0 Å². The van der Waals surface area contributed by atoms with Crippen LogP contribution in [-0.2, 0) is 9.53 Å². The molecule has 1 aromatic rings. The van der Waals surface area contributed by atoms with Crippen molar-refractivity contribution in [3.8, 4) is 0 Å². The SMILES string of the molecule is CC(=O)NCCCN1CCOCC1CC(O)c1cccs1. The standard InChI is InChI=1S/C15H24N2O3S/c1-12(18)16-5-3-6-17-7-8-20-11-13(17)10-14(19)15-4-2-9-21-15/h2,4,9,13-14,19H,3,5-8,10-11H2,1H3,(H,16,18). The molecule has 2 atom stereocenters. The fraction of sp³-hybridized carbons (Fsp3) is 0.667. The van der Waals surface area contributed by atoms with Crippen LogP contribution in [-0.4, -0.2) is 54.8 Å². The maximum absolute atomic E-state index is 10.9. The van der Waals surface area contributed by atoms with Crippen molar-refractivity contribution in [3.63, 3.8) is 0 Å². The zero-order valence-corrected chi connectivity index (χ0v) is 13.3. The summed E-state index contributed by atoms with van der Waals surface area (Å²) in [5.74, 6) is 0.0154. The van der Waals surface area contributed by atoms with Gasteiger partial charge in [-0.2, -0.15) is 0 Å². The fourth-order valence-electron chi connectivity index (χ4n) is 2.60. The molecule has 1 fully saturated rings. The van der Waals surface area contributed by atoms with Gasteiger partial charge in [0.05, 0.1) is 19.3 Å². The maximum atomic E-state index is 10.9. The van der Waals surface area contributed by atoms with E-state index in [1.54, 1.807) is 11.3 Å². The number of ether oxygens (including phenoxy) is 1. The molecular weight excluding hydrogens is 288 g/mol. The number of aliphatic hydroxyl groups is 1. The minimum Gasteiger partial charge on any atom is -0.388 e. The van der Waals surface area contributed by atoms with E-state index in [1.807, 2.05) is 17.5 Å². The molecule has 2 heterocycles. The number of carbonyl (C=O) groups excluding carboxylic acids is 1. The largest absolute Gasteiger partial charge is 0.388 e. The first-order chi connectivity index (χ1) is 10.2. The number of rotatable bonds is 7. The number of thiophene rings is 1. The third-order valence-corrected chi connectivity index (χ3v) is 4.69. The Balaban J connectivity index is 1.79.